The molecule has 2 rings (SSSR count). The number of hydrogen-bond donors (Lipinski definition) is 1. The van der Waals surface area contributed by atoms with Crippen LogP contribution in [0.5, 0.6) is 0 Å². The predicted molar refractivity (Wildman–Crippen MR) is 70.2 cm³/mol. The molecule has 4 nitrogen and oxygen atoms in total. The molecule has 2 heterocycles. The summed E-state index contributed by atoms with van der Waals surface area (Å²) >= 11 is 7.07. The number of carboxylic acid groups (broad SMARTS) is 1. The Hall–Kier alpha value is -1.07. The SMILES string of the molecule is CC1CC(C(=O)O)CCN1C(=O)c1ccc(Cl)s1. The maximum atomic E-state index is 12.2. The average molecular weight is 288 g/mol. The number of amides is 1. The molecule has 1 aromatic heterocycles. The van der Waals surface area contributed by atoms with Gasteiger partial charge in [-0.05, 0) is 31.9 Å². The second-order valence-corrected chi connectivity index (χ2v) is 6.23. The number of halogens is 1. The van der Waals surface area contributed by atoms with Crippen LogP contribution in [-0.2, 0) is 4.79 Å². The fraction of sp³-hybridized carbons (Fsp3) is 0.500. The van der Waals surface area contributed by atoms with Gasteiger partial charge in [-0.2, -0.15) is 0 Å². The Balaban J connectivity index is 2.07. The Labute approximate surface area is 114 Å². The fourth-order valence-corrected chi connectivity index (χ4v) is 3.27. The zero-order chi connectivity index (χ0) is 13.3. The molecular formula is C12H14ClNO3S. The van der Waals surface area contributed by atoms with E-state index >= 15 is 0 Å². The van der Waals surface area contributed by atoms with E-state index in [9.17, 15) is 9.59 Å². The summed E-state index contributed by atoms with van der Waals surface area (Å²) in [5, 5.41) is 8.98. The minimum Gasteiger partial charge on any atom is -0.481 e. The third kappa shape index (κ3) is 2.67. The maximum Gasteiger partial charge on any atom is 0.306 e. The van der Waals surface area contributed by atoms with E-state index in [0.29, 0.717) is 28.6 Å². The molecule has 1 amide bonds. The first-order chi connectivity index (χ1) is 8.49. The highest BCUT2D eigenvalue weighted by Gasteiger charge is 2.32. The lowest BCUT2D eigenvalue weighted by molar-refractivity contribution is -0.143. The van der Waals surface area contributed by atoms with Gasteiger partial charge in [-0.1, -0.05) is 11.6 Å². The van der Waals surface area contributed by atoms with Crippen molar-refractivity contribution in [3.63, 3.8) is 0 Å². The molecule has 6 heteroatoms. The van der Waals surface area contributed by atoms with Crippen molar-refractivity contribution >= 4 is 34.8 Å². The predicted octanol–water partition coefficient (Wildman–Crippen LogP) is 2.73. The van der Waals surface area contributed by atoms with E-state index in [4.69, 9.17) is 16.7 Å². The van der Waals surface area contributed by atoms with Gasteiger partial charge in [-0.3, -0.25) is 9.59 Å². The van der Waals surface area contributed by atoms with Crippen LogP contribution in [-0.4, -0.2) is 34.5 Å². The van der Waals surface area contributed by atoms with E-state index < -0.39 is 5.97 Å². The van der Waals surface area contributed by atoms with Crippen LogP contribution in [0.1, 0.15) is 29.4 Å². The molecule has 1 saturated heterocycles. The van der Waals surface area contributed by atoms with Gasteiger partial charge in [0.15, 0.2) is 0 Å². The smallest absolute Gasteiger partial charge is 0.306 e. The van der Waals surface area contributed by atoms with Crippen molar-refractivity contribution in [2.45, 2.75) is 25.8 Å². The third-order valence-electron chi connectivity index (χ3n) is 3.27. The van der Waals surface area contributed by atoms with Crippen LogP contribution >= 0.6 is 22.9 Å². The summed E-state index contributed by atoms with van der Waals surface area (Å²) in [5.41, 5.74) is 0. The van der Waals surface area contributed by atoms with Gasteiger partial charge in [-0.25, -0.2) is 0 Å². The van der Waals surface area contributed by atoms with Gasteiger partial charge < -0.3 is 10.0 Å². The van der Waals surface area contributed by atoms with Gasteiger partial charge in [0.1, 0.15) is 0 Å². The molecular weight excluding hydrogens is 274 g/mol. The zero-order valence-electron chi connectivity index (χ0n) is 9.93. The summed E-state index contributed by atoms with van der Waals surface area (Å²) in [5.74, 6) is -1.16. The van der Waals surface area contributed by atoms with Crippen molar-refractivity contribution in [1.29, 1.82) is 0 Å². The van der Waals surface area contributed by atoms with E-state index in [0.717, 1.165) is 0 Å². The minimum absolute atomic E-state index is 0.0479. The van der Waals surface area contributed by atoms with E-state index in [1.54, 1.807) is 17.0 Å². The van der Waals surface area contributed by atoms with Gasteiger partial charge in [0.25, 0.3) is 5.91 Å². The number of hydrogen-bond acceptors (Lipinski definition) is 3. The van der Waals surface area contributed by atoms with Crippen LogP contribution in [0, 0.1) is 5.92 Å². The Kier molecular flexibility index (Phi) is 3.92. The highest BCUT2D eigenvalue weighted by Crippen LogP contribution is 2.28. The molecule has 0 aliphatic carbocycles. The monoisotopic (exact) mass is 287 g/mol. The van der Waals surface area contributed by atoms with Crippen molar-refractivity contribution in [2.75, 3.05) is 6.54 Å². The molecule has 1 aromatic rings. The highest BCUT2D eigenvalue weighted by atomic mass is 35.5. The summed E-state index contributed by atoms with van der Waals surface area (Å²) in [4.78, 5) is 25.5. The van der Waals surface area contributed by atoms with Gasteiger partial charge >= 0.3 is 5.97 Å². The lowest BCUT2D eigenvalue weighted by atomic mass is 9.91. The van der Waals surface area contributed by atoms with Gasteiger partial charge in [0, 0.05) is 12.6 Å². The molecule has 0 aromatic carbocycles. The largest absolute Gasteiger partial charge is 0.481 e. The second kappa shape index (κ2) is 5.28. The van der Waals surface area contributed by atoms with Crippen LogP contribution in [0.3, 0.4) is 0 Å². The van der Waals surface area contributed by atoms with Gasteiger partial charge in [0.2, 0.25) is 0 Å². The summed E-state index contributed by atoms with van der Waals surface area (Å²) in [6.07, 6.45) is 1.03. The standard InChI is InChI=1S/C12H14ClNO3S/c1-7-6-8(12(16)17)4-5-14(7)11(15)9-2-3-10(13)18-9/h2-3,7-8H,4-6H2,1H3,(H,16,17). The fourth-order valence-electron chi connectivity index (χ4n) is 2.27. The molecule has 0 radical (unpaired) electrons. The molecule has 0 spiro atoms. The van der Waals surface area contributed by atoms with Crippen molar-refractivity contribution in [3.05, 3.63) is 21.3 Å². The Bertz CT molecular complexity index is 474. The third-order valence-corrected chi connectivity index (χ3v) is 4.49. The van der Waals surface area contributed by atoms with Crippen molar-refractivity contribution < 1.29 is 14.7 Å². The van der Waals surface area contributed by atoms with Gasteiger partial charge in [-0.15, -0.1) is 11.3 Å². The number of carboxylic acids is 1. The summed E-state index contributed by atoms with van der Waals surface area (Å²) in [7, 11) is 0. The van der Waals surface area contributed by atoms with Crippen LogP contribution in [0.25, 0.3) is 0 Å². The number of rotatable bonds is 2. The van der Waals surface area contributed by atoms with Crippen molar-refractivity contribution in [3.8, 4) is 0 Å². The Morgan fingerprint density at radius 1 is 1.50 bits per heavy atom. The van der Waals surface area contributed by atoms with E-state index in [-0.39, 0.29) is 17.9 Å². The molecule has 0 saturated carbocycles. The highest BCUT2D eigenvalue weighted by molar-refractivity contribution is 7.17. The number of carbonyl (C=O) groups excluding carboxylic acids is 1. The van der Waals surface area contributed by atoms with Crippen LogP contribution in [0.2, 0.25) is 4.34 Å². The zero-order valence-corrected chi connectivity index (χ0v) is 11.5. The topological polar surface area (TPSA) is 57.6 Å². The summed E-state index contributed by atoms with van der Waals surface area (Å²) < 4.78 is 0.589. The summed E-state index contributed by atoms with van der Waals surface area (Å²) in [6, 6.07) is 3.37. The molecule has 1 N–H and O–H groups in total. The number of likely N-dealkylation sites (tertiary alicyclic amines) is 1. The maximum absolute atomic E-state index is 12.2. The average Bonchev–Trinajstić information content (AvgIpc) is 2.74. The summed E-state index contributed by atoms with van der Waals surface area (Å²) in [6.45, 7) is 2.38. The van der Waals surface area contributed by atoms with Crippen molar-refractivity contribution in [2.24, 2.45) is 5.92 Å². The molecule has 1 aliphatic heterocycles. The number of aliphatic carboxylic acids is 1. The molecule has 0 bridgehead atoms. The molecule has 2 atom stereocenters. The minimum atomic E-state index is -0.770. The molecule has 1 aliphatic rings. The molecule has 2 unspecified atom stereocenters. The molecule has 18 heavy (non-hydrogen) atoms. The Morgan fingerprint density at radius 3 is 2.72 bits per heavy atom. The number of thiophene rings is 1. The van der Waals surface area contributed by atoms with Crippen LogP contribution < -0.4 is 0 Å². The lowest BCUT2D eigenvalue weighted by Crippen LogP contribution is -2.45. The van der Waals surface area contributed by atoms with Gasteiger partial charge in [0.05, 0.1) is 15.1 Å². The van der Waals surface area contributed by atoms with Crippen molar-refractivity contribution in [1.82, 2.24) is 4.90 Å². The normalized spacial score (nSPS) is 24.0. The van der Waals surface area contributed by atoms with E-state index in [2.05, 4.69) is 0 Å². The van der Waals surface area contributed by atoms with Crippen LogP contribution in [0.4, 0.5) is 0 Å². The van der Waals surface area contributed by atoms with E-state index in [1.807, 2.05) is 6.92 Å². The first-order valence-electron chi connectivity index (χ1n) is 5.78. The molecule has 1 fully saturated rings. The quantitative estimate of drug-likeness (QED) is 0.910. The first kappa shape index (κ1) is 13.4. The molecule has 98 valence electrons. The first-order valence-corrected chi connectivity index (χ1v) is 6.97. The Morgan fingerprint density at radius 2 is 2.22 bits per heavy atom. The second-order valence-electron chi connectivity index (χ2n) is 4.51. The van der Waals surface area contributed by atoms with E-state index in [1.165, 1.54) is 11.3 Å². The number of nitrogens with zero attached hydrogens (tertiary/aromatic N) is 1. The number of carbonyl (C=O) groups is 2. The number of piperidine rings is 1. The lowest BCUT2D eigenvalue weighted by Gasteiger charge is -2.36. The van der Waals surface area contributed by atoms with Crippen LogP contribution in [0.15, 0.2) is 12.1 Å².